The van der Waals surface area contributed by atoms with E-state index in [-0.39, 0.29) is 17.1 Å². The Morgan fingerprint density at radius 2 is 1.78 bits per heavy atom. The molecule has 1 N–H and O–H groups in total. The van der Waals surface area contributed by atoms with Crippen molar-refractivity contribution in [3.8, 4) is 22.9 Å². The van der Waals surface area contributed by atoms with E-state index in [1.807, 2.05) is 47.0 Å². The zero-order valence-corrected chi connectivity index (χ0v) is 21.1. The van der Waals surface area contributed by atoms with E-state index in [9.17, 15) is 14.9 Å². The number of carbonyl (C=O) groups excluding carboxylic acids is 1. The third-order valence-electron chi connectivity index (χ3n) is 5.54. The molecule has 0 aliphatic carbocycles. The van der Waals surface area contributed by atoms with E-state index in [1.54, 1.807) is 13.2 Å². The number of methoxy groups -OCH3 is 2. The SMILES string of the molecule is COc1ccc(NC(=O)CSc2nnc(-c3ccccc3OC)n2CCc2ccccc2)c([N+](=O)[O-])c1. The molecule has 10 nitrogen and oxygen atoms in total. The summed E-state index contributed by atoms with van der Waals surface area (Å²) in [6.45, 7) is 0.582. The van der Waals surface area contributed by atoms with Crippen LogP contribution in [0.25, 0.3) is 11.4 Å². The number of nitro benzene ring substituents is 1. The van der Waals surface area contributed by atoms with E-state index >= 15 is 0 Å². The molecule has 1 amide bonds. The van der Waals surface area contributed by atoms with E-state index in [1.165, 1.54) is 31.0 Å². The fourth-order valence-corrected chi connectivity index (χ4v) is 4.49. The van der Waals surface area contributed by atoms with Gasteiger partial charge < -0.3 is 19.4 Å². The van der Waals surface area contributed by atoms with Crippen molar-refractivity contribution in [2.45, 2.75) is 18.1 Å². The summed E-state index contributed by atoms with van der Waals surface area (Å²) < 4.78 is 12.5. The number of carbonyl (C=O) groups is 1. The molecule has 1 heterocycles. The zero-order valence-electron chi connectivity index (χ0n) is 20.3. The van der Waals surface area contributed by atoms with Gasteiger partial charge in [-0.15, -0.1) is 10.2 Å². The van der Waals surface area contributed by atoms with Crippen LogP contribution in [0.2, 0.25) is 0 Å². The first-order chi connectivity index (χ1) is 18.0. The molecular formula is C26H25N5O5S. The number of anilines is 1. The first kappa shape index (κ1) is 25.7. The van der Waals surface area contributed by atoms with Crippen molar-refractivity contribution < 1.29 is 19.2 Å². The van der Waals surface area contributed by atoms with Gasteiger partial charge >= 0.3 is 0 Å². The molecule has 0 fully saturated rings. The van der Waals surface area contributed by atoms with Crippen molar-refractivity contribution in [3.05, 3.63) is 88.5 Å². The number of nitrogens with zero attached hydrogens (tertiary/aromatic N) is 4. The van der Waals surface area contributed by atoms with Gasteiger partial charge in [0.1, 0.15) is 17.2 Å². The molecule has 11 heteroatoms. The summed E-state index contributed by atoms with van der Waals surface area (Å²) in [4.78, 5) is 23.6. The predicted octanol–water partition coefficient (Wildman–Crippen LogP) is 4.84. The monoisotopic (exact) mass is 519 g/mol. The number of para-hydroxylation sites is 1. The van der Waals surface area contributed by atoms with Gasteiger partial charge in [-0.25, -0.2) is 0 Å². The minimum Gasteiger partial charge on any atom is -0.496 e. The maximum absolute atomic E-state index is 12.7. The number of hydrogen-bond acceptors (Lipinski definition) is 8. The second-order valence-electron chi connectivity index (χ2n) is 7.87. The summed E-state index contributed by atoms with van der Waals surface area (Å²) in [7, 11) is 3.02. The van der Waals surface area contributed by atoms with Gasteiger partial charge in [0, 0.05) is 6.54 Å². The third-order valence-corrected chi connectivity index (χ3v) is 6.51. The Morgan fingerprint density at radius 3 is 2.51 bits per heavy atom. The molecule has 0 bridgehead atoms. The summed E-state index contributed by atoms with van der Waals surface area (Å²) in [6, 6.07) is 21.8. The average Bonchev–Trinajstić information content (AvgIpc) is 3.33. The zero-order chi connectivity index (χ0) is 26.2. The highest BCUT2D eigenvalue weighted by molar-refractivity contribution is 7.99. The van der Waals surface area contributed by atoms with Crippen molar-refractivity contribution in [2.75, 3.05) is 25.3 Å². The second kappa shape index (κ2) is 12.0. The van der Waals surface area contributed by atoms with Crippen LogP contribution in [0.3, 0.4) is 0 Å². The topological polar surface area (TPSA) is 121 Å². The van der Waals surface area contributed by atoms with E-state index in [0.29, 0.717) is 29.0 Å². The molecule has 0 saturated heterocycles. The number of aryl methyl sites for hydroxylation is 1. The number of nitrogens with one attached hydrogen (secondary N) is 1. The van der Waals surface area contributed by atoms with E-state index in [4.69, 9.17) is 9.47 Å². The van der Waals surface area contributed by atoms with Crippen molar-refractivity contribution in [1.82, 2.24) is 14.8 Å². The number of ether oxygens (including phenoxy) is 2. The molecule has 1 aromatic heterocycles. The Hall–Kier alpha value is -4.38. The van der Waals surface area contributed by atoms with Crippen LogP contribution in [0.5, 0.6) is 11.5 Å². The predicted molar refractivity (Wildman–Crippen MR) is 141 cm³/mol. The minimum absolute atomic E-state index is 0.0153. The maximum Gasteiger partial charge on any atom is 0.296 e. The van der Waals surface area contributed by atoms with E-state index in [2.05, 4.69) is 27.6 Å². The average molecular weight is 520 g/mol. The fourth-order valence-electron chi connectivity index (χ4n) is 3.72. The number of hydrogen-bond donors (Lipinski definition) is 1. The molecule has 0 unspecified atom stereocenters. The molecule has 37 heavy (non-hydrogen) atoms. The van der Waals surface area contributed by atoms with Crippen LogP contribution in [0.1, 0.15) is 5.56 Å². The molecule has 4 rings (SSSR count). The van der Waals surface area contributed by atoms with Crippen LogP contribution in [0.4, 0.5) is 11.4 Å². The highest BCUT2D eigenvalue weighted by Crippen LogP contribution is 2.32. The van der Waals surface area contributed by atoms with Crippen LogP contribution in [-0.2, 0) is 17.8 Å². The van der Waals surface area contributed by atoms with E-state index in [0.717, 1.165) is 17.5 Å². The van der Waals surface area contributed by atoms with Gasteiger partial charge in [-0.2, -0.15) is 0 Å². The van der Waals surface area contributed by atoms with Crippen molar-refractivity contribution in [3.63, 3.8) is 0 Å². The summed E-state index contributed by atoms with van der Waals surface area (Å²) in [5.74, 6) is 1.20. The van der Waals surface area contributed by atoms with Crippen LogP contribution < -0.4 is 14.8 Å². The van der Waals surface area contributed by atoms with Gasteiger partial charge in [-0.05, 0) is 36.2 Å². The molecule has 0 radical (unpaired) electrons. The Bertz CT molecular complexity index is 1390. The fraction of sp³-hybridized carbons (Fsp3) is 0.192. The second-order valence-corrected chi connectivity index (χ2v) is 8.81. The molecule has 0 aliphatic heterocycles. The Balaban J connectivity index is 1.55. The van der Waals surface area contributed by atoms with Crippen LogP contribution in [0.15, 0.2) is 78.0 Å². The highest BCUT2D eigenvalue weighted by atomic mass is 32.2. The van der Waals surface area contributed by atoms with Gasteiger partial charge in [0.25, 0.3) is 5.69 Å². The minimum atomic E-state index is -0.564. The number of thioether (sulfide) groups is 1. The number of aromatic nitrogens is 3. The lowest BCUT2D eigenvalue weighted by Crippen LogP contribution is -2.16. The van der Waals surface area contributed by atoms with Crippen molar-refractivity contribution >= 4 is 29.0 Å². The highest BCUT2D eigenvalue weighted by Gasteiger charge is 2.20. The van der Waals surface area contributed by atoms with Crippen molar-refractivity contribution in [1.29, 1.82) is 0 Å². The first-order valence-corrected chi connectivity index (χ1v) is 12.3. The molecule has 3 aromatic carbocycles. The van der Waals surface area contributed by atoms with Gasteiger partial charge in [-0.3, -0.25) is 14.9 Å². The summed E-state index contributed by atoms with van der Waals surface area (Å²) >= 11 is 1.20. The Morgan fingerprint density at radius 1 is 1.03 bits per heavy atom. The molecular weight excluding hydrogens is 494 g/mol. The molecule has 0 spiro atoms. The first-order valence-electron chi connectivity index (χ1n) is 11.4. The molecule has 190 valence electrons. The van der Waals surface area contributed by atoms with Crippen LogP contribution in [0, 0.1) is 10.1 Å². The quantitative estimate of drug-likeness (QED) is 0.170. The Labute approximate surface area is 217 Å². The summed E-state index contributed by atoms with van der Waals surface area (Å²) in [6.07, 6.45) is 0.735. The molecule has 4 aromatic rings. The van der Waals surface area contributed by atoms with Gasteiger partial charge in [-0.1, -0.05) is 54.2 Å². The normalized spacial score (nSPS) is 10.6. The molecule has 0 saturated carbocycles. The number of benzene rings is 3. The summed E-state index contributed by atoms with van der Waals surface area (Å²) in [5, 5.41) is 23.3. The third kappa shape index (κ3) is 6.25. The van der Waals surface area contributed by atoms with Gasteiger partial charge in [0.2, 0.25) is 5.91 Å². The lowest BCUT2D eigenvalue weighted by atomic mass is 10.1. The van der Waals surface area contributed by atoms with Crippen LogP contribution >= 0.6 is 11.8 Å². The van der Waals surface area contributed by atoms with Gasteiger partial charge in [0.05, 0.1) is 36.5 Å². The molecule has 0 aliphatic rings. The lowest BCUT2D eigenvalue weighted by Gasteiger charge is -2.12. The Kier molecular flexibility index (Phi) is 8.37. The number of nitro groups is 1. The van der Waals surface area contributed by atoms with Crippen LogP contribution in [-0.4, -0.2) is 45.6 Å². The number of rotatable bonds is 11. The summed E-state index contributed by atoms with van der Waals surface area (Å²) in [5.41, 5.74) is 1.79. The number of amides is 1. The smallest absolute Gasteiger partial charge is 0.296 e. The van der Waals surface area contributed by atoms with Gasteiger partial charge in [0.15, 0.2) is 11.0 Å². The standard InChI is InChI=1S/C26H25N5O5S/c1-35-19-12-13-21(22(16-19)31(33)34)27-24(32)17-37-26-29-28-25(20-10-6-7-11-23(20)36-2)30(26)15-14-18-8-4-3-5-9-18/h3-13,16H,14-15,17H2,1-2H3,(H,27,32). The van der Waals surface area contributed by atoms with Crippen molar-refractivity contribution in [2.24, 2.45) is 0 Å². The lowest BCUT2D eigenvalue weighted by molar-refractivity contribution is -0.384. The maximum atomic E-state index is 12.7. The van der Waals surface area contributed by atoms with E-state index < -0.39 is 10.8 Å². The largest absolute Gasteiger partial charge is 0.496 e. The molecule has 0 atom stereocenters.